The highest BCUT2D eigenvalue weighted by molar-refractivity contribution is 6.01. The van der Waals surface area contributed by atoms with E-state index in [4.69, 9.17) is 5.10 Å². The van der Waals surface area contributed by atoms with Gasteiger partial charge in [-0.1, -0.05) is 18.2 Å². The molecule has 0 bridgehead atoms. The Kier molecular flexibility index (Phi) is 6.88. The predicted octanol–water partition coefficient (Wildman–Crippen LogP) is 2.50. The molecule has 0 radical (unpaired) electrons. The first-order valence-corrected chi connectivity index (χ1v) is 14.8. The van der Waals surface area contributed by atoms with Gasteiger partial charge in [0.2, 0.25) is 11.5 Å². The van der Waals surface area contributed by atoms with Crippen molar-refractivity contribution >= 4 is 34.7 Å². The van der Waals surface area contributed by atoms with E-state index in [1.807, 2.05) is 44.6 Å². The summed E-state index contributed by atoms with van der Waals surface area (Å²) in [6.07, 6.45) is 3.68. The van der Waals surface area contributed by atoms with Gasteiger partial charge in [-0.25, -0.2) is 0 Å². The van der Waals surface area contributed by atoms with Gasteiger partial charge in [-0.3, -0.25) is 24.0 Å². The molecule has 1 aliphatic carbocycles. The van der Waals surface area contributed by atoms with Crippen LogP contribution in [0.1, 0.15) is 40.8 Å². The third kappa shape index (κ3) is 4.98. The van der Waals surface area contributed by atoms with Gasteiger partial charge in [0.15, 0.2) is 11.5 Å². The molecule has 1 saturated carbocycles. The lowest BCUT2D eigenvalue weighted by Crippen LogP contribution is -2.48. The van der Waals surface area contributed by atoms with Gasteiger partial charge in [-0.05, 0) is 25.0 Å². The first-order chi connectivity index (χ1) is 21.3. The Bertz CT molecular complexity index is 1840. The fourth-order valence-corrected chi connectivity index (χ4v) is 6.04. The maximum atomic E-state index is 12.7. The minimum absolute atomic E-state index is 0.00196. The van der Waals surface area contributed by atoms with E-state index < -0.39 is 0 Å². The van der Waals surface area contributed by atoms with Gasteiger partial charge in [0.1, 0.15) is 0 Å². The number of amides is 2. The van der Waals surface area contributed by atoms with Crippen LogP contribution in [-0.4, -0.2) is 68.4 Å². The topological polar surface area (TPSA) is 142 Å². The number of benzene rings is 1. The number of rotatable bonds is 8. The molecule has 3 aliphatic rings. The van der Waals surface area contributed by atoms with Crippen LogP contribution in [0.15, 0.2) is 53.5 Å². The molecule has 44 heavy (non-hydrogen) atoms. The van der Waals surface area contributed by atoms with Crippen molar-refractivity contribution in [2.75, 3.05) is 42.7 Å². The molecule has 3 N–H and O–H groups in total. The highest BCUT2D eigenvalue weighted by Gasteiger charge is 2.34. The second-order valence-corrected chi connectivity index (χ2v) is 11.7. The van der Waals surface area contributed by atoms with Crippen LogP contribution >= 0.6 is 0 Å². The number of aromatic nitrogens is 5. The minimum Gasteiger partial charge on any atom is -0.366 e. The van der Waals surface area contributed by atoms with Crippen molar-refractivity contribution in [3.05, 3.63) is 76.1 Å². The monoisotopic (exact) mass is 594 g/mol. The Morgan fingerprint density at radius 2 is 1.80 bits per heavy atom. The Balaban J connectivity index is 1.14. The minimum atomic E-state index is -0.384. The number of nitrogens with one attached hydrogen (secondary N) is 3. The van der Waals surface area contributed by atoms with Gasteiger partial charge < -0.3 is 25.4 Å². The second-order valence-electron chi connectivity index (χ2n) is 11.7. The first kappa shape index (κ1) is 27.8. The summed E-state index contributed by atoms with van der Waals surface area (Å²) in [6.45, 7) is 3.08. The number of para-hydroxylation sites is 1. The summed E-state index contributed by atoms with van der Waals surface area (Å²) >= 11 is 0. The molecule has 1 saturated heterocycles. The van der Waals surface area contributed by atoms with Gasteiger partial charge in [-0.2, -0.15) is 5.10 Å². The quantitative estimate of drug-likeness (QED) is 0.280. The third-order valence-corrected chi connectivity index (χ3v) is 8.66. The van der Waals surface area contributed by atoms with E-state index in [9.17, 15) is 14.4 Å². The van der Waals surface area contributed by atoms with Crippen molar-refractivity contribution in [1.82, 2.24) is 34.8 Å². The van der Waals surface area contributed by atoms with Crippen LogP contribution in [0.25, 0.3) is 11.1 Å². The molecular weight excluding hydrogens is 560 g/mol. The van der Waals surface area contributed by atoms with E-state index in [2.05, 4.69) is 46.7 Å². The number of carbonyl (C=O) groups is 2. The number of hydrogen-bond acceptors (Lipinski definition) is 9. The molecule has 226 valence electrons. The summed E-state index contributed by atoms with van der Waals surface area (Å²) in [6, 6.07) is 13.3. The zero-order valence-electron chi connectivity index (χ0n) is 24.9. The van der Waals surface area contributed by atoms with Gasteiger partial charge >= 0.3 is 0 Å². The van der Waals surface area contributed by atoms with Crippen molar-refractivity contribution in [2.45, 2.75) is 32.0 Å². The normalized spacial score (nSPS) is 16.1. The molecule has 0 spiro atoms. The second kappa shape index (κ2) is 10.9. The highest BCUT2D eigenvalue weighted by Crippen LogP contribution is 2.45. The van der Waals surface area contributed by atoms with Gasteiger partial charge in [0.05, 0.1) is 41.5 Å². The molecule has 13 heteroatoms. The van der Waals surface area contributed by atoms with Crippen LogP contribution in [0.4, 0.5) is 22.9 Å². The average Bonchev–Trinajstić information content (AvgIpc) is 3.77. The maximum absolute atomic E-state index is 12.7. The van der Waals surface area contributed by atoms with E-state index in [0.29, 0.717) is 18.1 Å². The summed E-state index contributed by atoms with van der Waals surface area (Å²) in [5, 5.41) is 21.9. The standard InChI is InChI=1S/C31H34N10O3/c1-32-31(44)28-24(12-26(36-37-28)35-30(43)18-10-11-18)34-23-8-5-7-21-22-13-33-41(25(22)17-38(2)29(21)23)20-15-40(16-20)14-19-6-4-9-27(42)39(19)3/h4-9,12-13,18,20H,10-11,14-17H2,1-3H3,(H,32,44)(H2,34,35,36,43). The van der Waals surface area contributed by atoms with Crippen LogP contribution in [0.2, 0.25) is 0 Å². The first-order valence-electron chi connectivity index (χ1n) is 14.8. The number of pyridine rings is 1. The van der Waals surface area contributed by atoms with Crippen LogP contribution in [0.3, 0.4) is 0 Å². The molecule has 5 heterocycles. The molecular formula is C31H34N10O3. The number of carbonyl (C=O) groups excluding carboxylic acids is 2. The lowest BCUT2D eigenvalue weighted by molar-refractivity contribution is -0.117. The van der Waals surface area contributed by atoms with Crippen LogP contribution in [-0.2, 0) is 24.9 Å². The van der Waals surface area contributed by atoms with Crippen molar-refractivity contribution in [1.29, 1.82) is 0 Å². The number of likely N-dealkylation sites (tertiary alicyclic amines) is 1. The zero-order valence-corrected chi connectivity index (χ0v) is 24.9. The van der Waals surface area contributed by atoms with Crippen molar-refractivity contribution in [3.63, 3.8) is 0 Å². The number of fused-ring (bicyclic) bond motifs is 3. The van der Waals surface area contributed by atoms with Crippen LogP contribution in [0, 0.1) is 5.92 Å². The highest BCUT2D eigenvalue weighted by atomic mass is 16.2. The smallest absolute Gasteiger partial charge is 0.273 e. The number of nitrogens with zero attached hydrogens (tertiary/aromatic N) is 7. The fraction of sp³-hybridized carbons (Fsp3) is 0.355. The molecule has 7 rings (SSSR count). The maximum Gasteiger partial charge on any atom is 0.273 e. The van der Waals surface area contributed by atoms with Crippen molar-refractivity contribution < 1.29 is 9.59 Å². The zero-order chi connectivity index (χ0) is 30.5. The molecule has 2 amide bonds. The molecule has 13 nitrogen and oxygen atoms in total. The Morgan fingerprint density at radius 3 is 2.57 bits per heavy atom. The van der Waals surface area contributed by atoms with E-state index >= 15 is 0 Å². The largest absolute Gasteiger partial charge is 0.366 e. The number of anilines is 4. The van der Waals surface area contributed by atoms with Crippen molar-refractivity contribution in [3.8, 4) is 11.1 Å². The summed E-state index contributed by atoms with van der Waals surface area (Å²) < 4.78 is 3.84. The number of hydrogen-bond donors (Lipinski definition) is 3. The molecule has 0 atom stereocenters. The molecule has 3 aromatic heterocycles. The fourth-order valence-electron chi connectivity index (χ4n) is 6.04. The molecule has 4 aromatic rings. The molecule has 0 unspecified atom stereocenters. The summed E-state index contributed by atoms with van der Waals surface area (Å²) in [5.41, 5.74) is 6.60. The molecule has 2 aliphatic heterocycles. The molecule has 1 aromatic carbocycles. The van der Waals surface area contributed by atoms with E-state index in [1.54, 1.807) is 23.7 Å². The lowest BCUT2D eigenvalue weighted by atomic mass is 9.97. The van der Waals surface area contributed by atoms with E-state index in [1.165, 1.54) is 0 Å². The summed E-state index contributed by atoms with van der Waals surface area (Å²) in [5.74, 6) is -0.160. The molecule has 2 fully saturated rings. The van der Waals surface area contributed by atoms with E-state index in [-0.39, 0.29) is 35.0 Å². The van der Waals surface area contributed by atoms with Crippen LogP contribution in [0.5, 0.6) is 0 Å². The Labute approximate surface area is 253 Å². The van der Waals surface area contributed by atoms with Gasteiger partial charge in [0, 0.05) is 75.6 Å². The predicted molar refractivity (Wildman–Crippen MR) is 166 cm³/mol. The van der Waals surface area contributed by atoms with Crippen LogP contribution < -0.4 is 26.4 Å². The Hall–Kier alpha value is -5.04. The Morgan fingerprint density at radius 1 is 1.00 bits per heavy atom. The van der Waals surface area contributed by atoms with Gasteiger partial charge in [-0.15, -0.1) is 10.2 Å². The van der Waals surface area contributed by atoms with Gasteiger partial charge in [0.25, 0.3) is 5.91 Å². The third-order valence-electron chi connectivity index (χ3n) is 8.66. The SMILES string of the molecule is CNC(=O)c1nnc(NC(=O)C2CC2)cc1Nc1cccc2c1N(C)Cc1c-2cnn1C1CN(Cc2cccc(=O)n2C)C1. The van der Waals surface area contributed by atoms with Crippen molar-refractivity contribution in [2.24, 2.45) is 13.0 Å². The summed E-state index contributed by atoms with van der Waals surface area (Å²) in [7, 11) is 5.39. The average molecular weight is 595 g/mol. The van der Waals surface area contributed by atoms with E-state index in [0.717, 1.165) is 66.4 Å². The summed E-state index contributed by atoms with van der Waals surface area (Å²) in [4.78, 5) is 41.6. The lowest BCUT2D eigenvalue weighted by Gasteiger charge is -2.41.